The van der Waals surface area contributed by atoms with Crippen molar-refractivity contribution in [3.8, 4) is 28.7 Å². The summed E-state index contributed by atoms with van der Waals surface area (Å²) in [4.78, 5) is 17.9. The zero-order valence-corrected chi connectivity index (χ0v) is 17.8. The summed E-state index contributed by atoms with van der Waals surface area (Å²) in [5, 5.41) is 12.3. The lowest BCUT2D eigenvalue weighted by atomic mass is 9.91. The van der Waals surface area contributed by atoms with Crippen molar-refractivity contribution in [1.29, 1.82) is 0 Å². The zero-order valence-electron chi connectivity index (χ0n) is 17.8. The third-order valence-corrected chi connectivity index (χ3v) is 5.86. The summed E-state index contributed by atoms with van der Waals surface area (Å²) < 4.78 is 35.7. The van der Waals surface area contributed by atoms with Crippen LogP contribution in [0.2, 0.25) is 0 Å². The van der Waals surface area contributed by atoms with Crippen molar-refractivity contribution in [2.24, 2.45) is 0 Å². The van der Waals surface area contributed by atoms with Gasteiger partial charge in [0.1, 0.15) is 17.3 Å². The van der Waals surface area contributed by atoms with Crippen LogP contribution in [0.1, 0.15) is 31.4 Å². The molecule has 2 aromatic carbocycles. The van der Waals surface area contributed by atoms with Crippen molar-refractivity contribution >= 4 is 5.91 Å². The molecular formula is C23H20F2N6O2. The predicted molar refractivity (Wildman–Crippen MR) is 114 cm³/mol. The highest BCUT2D eigenvalue weighted by atomic mass is 19.1. The molecule has 0 N–H and O–H groups in total. The molecule has 0 unspecified atom stereocenters. The maximum Gasteiger partial charge on any atom is 0.280 e. The fourth-order valence-electron chi connectivity index (χ4n) is 4.15. The van der Waals surface area contributed by atoms with Crippen molar-refractivity contribution in [2.45, 2.75) is 25.7 Å². The van der Waals surface area contributed by atoms with Crippen LogP contribution >= 0.6 is 0 Å². The second-order valence-corrected chi connectivity index (χ2v) is 7.87. The lowest BCUT2D eigenvalue weighted by molar-refractivity contribution is -0.129. The summed E-state index contributed by atoms with van der Waals surface area (Å²) >= 11 is 0. The van der Waals surface area contributed by atoms with Gasteiger partial charge < -0.3 is 9.42 Å². The minimum atomic E-state index is -0.475. The highest BCUT2D eigenvalue weighted by molar-refractivity contribution is 5.73. The molecule has 4 aromatic rings. The van der Waals surface area contributed by atoms with Crippen LogP contribution in [0.25, 0.3) is 28.7 Å². The SMILES string of the molecule is CC(=O)N1CCC(c2c(-c3nc(-c4ccccc4F)no3)nnn2-c2ccccc2F)CC1. The van der Waals surface area contributed by atoms with E-state index in [1.54, 1.807) is 48.2 Å². The highest BCUT2D eigenvalue weighted by Gasteiger charge is 2.32. The molecule has 3 heterocycles. The Morgan fingerprint density at radius 3 is 2.42 bits per heavy atom. The molecule has 1 fully saturated rings. The summed E-state index contributed by atoms with van der Waals surface area (Å²) in [5.41, 5.74) is 1.38. The normalized spacial score (nSPS) is 14.6. The minimum absolute atomic E-state index is 0.0147. The molecule has 1 aliphatic heterocycles. The molecule has 0 saturated carbocycles. The van der Waals surface area contributed by atoms with Crippen LogP contribution in [-0.2, 0) is 4.79 Å². The summed E-state index contributed by atoms with van der Waals surface area (Å²) in [5.74, 6) is -0.832. The van der Waals surface area contributed by atoms with E-state index in [4.69, 9.17) is 4.52 Å². The molecule has 8 nitrogen and oxygen atoms in total. The van der Waals surface area contributed by atoms with Gasteiger partial charge in [-0.15, -0.1) is 5.10 Å². The number of piperidine rings is 1. The summed E-state index contributed by atoms with van der Waals surface area (Å²) in [7, 11) is 0. The Kier molecular flexibility index (Phi) is 5.41. The van der Waals surface area contributed by atoms with Crippen molar-refractivity contribution < 1.29 is 18.1 Å². The maximum absolute atomic E-state index is 14.6. The van der Waals surface area contributed by atoms with E-state index in [-0.39, 0.29) is 34.8 Å². The number of likely N-dealkylation sites (tertiary alicyclic amines) is 1. The standard InChI is InChI=1S/C23H20F2N6O2/c1-14(32)30-12-10-15(11-13-30)21-20(27-29-31(21)19-9-5-4-8-18(19)25)23-26-22(28-33-23)16-6-2-3-7-17(16)24/h2-9,15H,10-13H2,1H3. The molecule has 33 heavy (non-hydrogen) atoms. The van der Waals surface area contributed by atoms with Gasteiger partial charge in [-0.2, -0.15) is 4.98 Å². The molecular weight excluding hydrogens is 430 g/mol. The van der Waals surface area contributed by atoms with Crippen molar-refractivity contribution in [2.75, 3.05) is 13.1 Å². The Balaban J connectivity index is 1.58. The molecule has 10 heteroatoms. The Bertz CT molecular complexity index is 1310. The van der Waals surface area contributed by atoms with Gasteiger partial charge in [0.15, 0.2) is 5.69 Å². The van der Waals surface area contributed by atoms with Gasteiger partial charge in [-0.05, 0) is 37.1 Å². The number of nitrogens with zero attached hydrogens (tertiary/aromatic N) is 6. The number of benzene rings is 2. The monoisotopic (exact) mass is 450 g/mol. The van der Waals surface area contributed by atoms with Crippen molar-refractivity contribution in [3.63, 3.8) is 0 Å². The smallest absolute Gasteiger partial charge is 0.280 e. The van der Waals surface area contributed by atoms with E-state index < -0.39 is 11.6 Å². The Hall–Kier alpha value is -3.95. The first-order chi connectivity index (χ1) is 16.0. The fraction of sp³-hybridized carbons (Fsp3) is 0.261. The first-order valence-electron chi connectivity index (χ1n) is 10.6. The first-order valence-corrected chi connectivity index (χ1v) is 10.6. The molecule has 2 aromatic heterocycles. The number of halogens is 2. The number of hydrogen-bond acceptors (Lipinski definition) is 6. The molecule has 0 bridgehead atoms. The predicted octanol–water partition coefficient (Wildman–Crippen LogP) is 3.99. The summed E-state index contributed by atoms with van der Waals surface area (Å²) in [6.45, 7) is 2.66. The van der Waals surface area contributed by atoms with Crippen molar-refractivity contribution in [1.82, 2.24) is 30.0 Å². The van der Waals surface area contributed by atoms with E-state index in [2.05, 4.69) is 20.5 Å². The van der Waals surface area contributed by atoms with Crippen LogP contribution in [0.5, 0.6) is 0 Å². The van der Waals surface area contributed by atoms with Crippen LogP contribution in [0, 0.1) is 11.6 Å². The van der Waals surface area contributed by atoms with Crippen LogP contribution in [0.15, 0.2) is 53.1 Å². The molecule has 168 valence electrons. The molecule has 0 atom stereocenters. The van der Waals surface area contributed by atoms with Crippen LogP contribution in [0.4, 0.5) is 8.78 Å². The molecule has 5 rings (SSSR count). The number of carbonyl (C=O) groups excluding carboxylic acids is 1. The Morgan fingerprint density at radius 2 is 1.73 bits per heavy atom. The molecule has 0 radical (unpaired) electrons. The second kappa shape index (κ2) is 8.53. The topological polar surface area (TPSA) is 89.9 Å². The largest absolute Gasteiger partial charge is 0.343 e. The molecule has 1 amide bonds. The van der Waals surface area contributed by atoms with E-state index in [1.807, 2.05) is 0 Å². The number of para-hydroxylation sites is 1. The van der Waals surface area contributed by atoms with Gasteiger partial charge in [0.2, 0.25) is 11.7 Å². The van der Waals surface area contributed by atoms with E-state index >= 15 is 0 Å². The van der Waals surface area contributed by atoms with Gasteiger partial charge in [-0.3, -0.25) is 4.79 Å². The van der Waals surface area contributed by atoms with Crippen molar-refractivity contribution in [3.05, 3.63) is 65.9 Å². The van der Waals surface area contributed by atoms with Crippen LogP contribution in [-0.4, -0.2) is 49.0 Å². The number of hydrogen-bond donors (Lipinski definition) is 0. The lowest BCUT2D eigenvalue weighted by Gasteiger charge is -2.31. The van der Waals surface area contributed by atoms with Gasteiger partial charge in [-0.25, -0.2) is 13.5 Å². The van der Waals surface area contributed by atoms with Gasteiger partial charge in [0, 0.05) is 25.9 Å². The second-order valence-electron chi connectivity index (χ2n) is 7.87. The number of amides is 1. The quantitative estimate of drug-likeness (QED) is 0.467. The Labute approximate surface area is 187 Å². The molecule has 1 saturated heterocycles. The molecule has 0 aliphatic carbocycles. The minimum Gasteiger partial charge on any atom is -0.343 e. The third kappa shape index (κ3) is 3.88. The van der Waals surface area contributed by atoms with Crippen LogP contribution < -0.4 is 0 Å². The maximum atomic E-state index is 14.6. The van der Waals surface area contributed by atoms with Gasteiger partial charge in [-0.1, -0.05) is 34.6 Å². The molecule has 0 spiro atoms. The number of carbonyl (C=O) groups is 1. The summed E-state index contributed by atoms with van der Waals surface area (Å²) in [6, 6.07) is 12.4. The molecule has 1 aliphatic rings. The number of rotatable bonds is 4. The average Bonchev–Trinajstić information content (AvgIpc) is 3.47. The van der Waals surface area contributed by atoms with E-state index in [9.17, 15) is 13.6 Å². The zero-order chi connectivity index (χ0) is 22.9. The van der Waals surface area contributed by atoms with Crippen LogP contribution in [0.3, 0.4) is 0 Å². The average molecular weight is 450 g/mol. The van der Waals surface area contributed by atoms with E-state index in [1.165, 1.54) is 16.8 Å². The van der Waals surface area contributed by atoms with E-state index in [0.717, 1.165) is 0 Å². The lowest BCUT2D eigenvalue weighted by Crippen LogP contribution is -2.36. The third-order valence-electron chi connectivity index (χ3n) is 5.86. The highest BCUT2D eigenvalue weighted by Crippen LogP contribution is 2.36. The first kappa shape index (κ1) is 20.9. The van der Waals surface area contributed by atoms with Gasteiger partial charge in [0.25, 0.3) is 5.89 Å². The number of aromatic nitrogens is 5. The van der Waals surface area contributed by atoms with E-state index in [0.29, 0.717) is 37.3 Å². The van der Waals surface area contributed by atoms with Gasteiger partial charge >= 0.3 is 0 Å². The summed E-state index contributed by atoms with van der Waals surface area (Å²) in [6.07, 6.45) is 1.28. The fourth-order valence-corrected chi connectivity index (χ4v) is 4.15. The Morgan fingerprint density at radius 1 is 1.03 bits per heavy atom. The van der Waals surface area contributed by atoms with Gasteiger partial charge in [0.05, 0.1) is 11.3 Å².